The van der Waals surface area contributed by atoms with Gasteiger partial charge in [0.2, 0.25) is 0 Å². The summed E-state index contributed by atoms with van der Waals surface area (Å²) in [7, 11) is 1.21. The van der Waals surface area contributed by atoms with E-state index in [9.17, 15) is 0 Å². The molecule has 0 saturated heterocycles. The third-order valence-electron chi connectivity index (χ3n) is 7.02. The van der Waals surface area contributed by atoms with Gasteiger partial charge >= 0.3 is 0 Å². The molecule has 5 heteroatoms. The number of rotatable bonds is 3. The highest BCUT2D eigenvalue weighted by Gasteiger charge is 2.30. The number of fused-ring (bicyclic) bond motifs is 4. The standard InChI is InChI=1S/C32H23BrN3P/c1-36-28-15-7-6-14-26(28)34-32(36)25-12-5-8-16-29(25)37-30-17-9-13-23(21-10-3-2-4-11-21)31(30)24-19-18-22(33)20-27(24)35-37/h2-20,35H,1H3. The maximum absolute atomic E-state index is 5.06. The number of hydrogen-bond acceptors (Lipinski definition) is 2. The number of para-hydroxylation sites is 2. The topological polar surface area (TPSA) is 29.9 Å². The third-order valence-corrected chi connectivity index (χ3v) is 9.71. The Labute approximate surface area is 225 Å². The average molecular weight is 560 g/mol. The quantitative estimate of drug-likeness (QED) is 0.222. The Bertz CT molecular complexity index is 1790. The van der Waals surface area contributed by atoms with E-state index in [4.69, 9.17) is 4.98 Å². The summed E-state index contributed by atoms with van der Waals surface area (Å²) in [4.78, 5) is 5.06. The van der Waals surface area contributed by atoms with E-state index in [1.807, 2.05) is 6.07 Å². The predicted octanol–water partition coefficient (Wildman–Crippen LogP) is 8.11. The van der Waals surface area contributed by atoms with Gasteiger partial charge in [0.15, 0.2) is 0 Å². The van der Waals surface area contributed by atoms with Crippen molar-refractivity contribution in [1.29, 1.82) is 0 Å². The van der Waals surface area contributed by atoms with Crippen molar-refractivity contribution >= 4 is 51.3 Å². The number of nitrogens with zero attached hydrogens (tertiary/aromatic N) is 2. The van der Waals surface area contributed by atoms with Crippen molar-refractivity contribution < 1.29 is 0 Å². The number of aryl methyl sites for hydroxylation is 1. The van der Waals surface area contributed by atoms with Crippen molar-refractivity contribution in [3.63, 3.8) is 0 Å². The van der Waals surface area contributed by atoms with E-state index in [1.54, 1.807) is 0 Å². The van der Waals surface area contributed by atoms with Gasteiger partial charge in [0.1, 0.15) is 5.82 Å². The molecule has 3 nitrogen and oxygen atoms in total. The van der Waals surface area contributed by atoms with Crippen LogP contribution in [0.5, 0.6) is 0 Å². The molecule has 1 N–H and O–H groups in total. The van der Waals surface area contributed by atoms with Crippen molar-refractivity contribution in [2.75, 3.05) is 5.09 Å². The second kappa shape index (κ2) is 8.99. The highest BCUT2D eigenvalue weighted by molar-refractivity contribution is 9.10. The smallest absolute Gasteiger partial charge is 0.141 e. The molecule has 0 fully saturated rings. The first-order valence-corrected chi connectivity index (χ1v) is 14.4. The highest BCUT2D eigenvalue weighted by atomic mass is 79.9. The van der Waals surface area contributed by atoms with Crippen LogP contribution in [0.15, 0.2) is 120 Å². The van der Waals surface area contributed by atoms with Crippen LogP contribution in [0.4, 0.5) is 5.69 Å². The zero-order chi connectivity index (χ0) is 24.9. The normalized spacial score (nSPS) is 14.2. The van der Waals surface area contributed by atoms with E-state index < -0.39 is 8.07 Å². The molecule has 178 valence electrons. The second-order valence-electron chi connectivity index (χ2n) is 9.20. The number of halogens is 1. The summed E-state index contributed by atoms with van der Waals surface area (Å²) in [6, 6.07) is 41.0. The second-order valence-corrected chi connectivity index (χ2v) is 12.0. The molecule has 0 spiro atoms. The molecular weight excluding hydrogens is 537 g/mol. The molecule has 1 aromatic heterocycles. The van der Waals surface area contributed by atoms with Crippen LogP contribution in [0.2, 0.25) is 0 Å². The molecule has 0 amide bonds. The Morgan fingerprint density at radius 3 is 2.30 bits per heavy atom. The van der Waals surface area contributed by atoms with Gasteiger partial charge in [-0.25, -0.2) is 4.98 Å². The van der Waals surface area contributed by atoms with Crippen LogP contribution in [0.25, 0.3) is 44.7 Å². The van der Waals surface area contributed by atoms with Gasteiger partial charge in [-0.1, -0.05) is 107 Å². The first kappa shape index (κ1) is 22.5. The molecular formula is C32H23BrN3P. The van der Waals surface area contributed by atoms with Crippen LogP contribution in [0, 0.1) is 0 Å². The van der Waals surface area contributed by atoms with Gasteiger partial charge in [-0.3, -0.25) is 0 Å². The largest absolute Gasteiger partial charge is 0.356 e. The molecule has 37 heavy (non-hydrogen) atoms. The van der Waals surface area contributed by atoms with Gasteiger partial charge in [-0.15, -0.1) is 0 Å². The van der Waals surface area contributed by atoms with Crippen molar-refractivity contribution in [3.05, 3.63) is 120 Å². The van der Waals surface area contributed by atoms with E-state index in [0.717, 1.165) is 32.6 Å². The van der Waals surface area contributed by atoms with Crippen molar-refractivity contribution in [1.82, 2.24) is 9.55 Å². The number of hydrogen-bond donors (Lipinski definition) is 1. The molecule has 1 atom stereocenters. The van der Waals surface area contributed by atoms with Gasteiger partial charge < -0.3 is 9.65 Å². The lowest BCUT2D eigenvalue weighted by Crippen LogP contribution is -2.25. The Morgan fingerprint density at radius 1 is 0.703 bits per heavy atom. The van der Waals surface area contributed by atoms with Crippen LogP contribution in [0.1, 0.15) is 0 Å². The molecule has 1 aliphatic rings. The minimum absolute atomic E-state index is 0.899. The Balaban J connectivity index is 1.48. The van der Waals surface area contributed by atoms with Gasteiger partial charge in [0, 0.05) is 44.5 Å². The zero-order valence-electron chi connectivity index (χ0n) is 20.2. The van der Waals surface area contributed by atoms with Gasteiger partial charge in [0.25, 0.3) is 0 Å². The molecule has 0 aliphatic carbocycles. The average Bonchev–Trinajstić information content (AvgIpc) is 3.28. The molecule has 1 unspecified atom stereocenters. The summed E-state index contributed by atoms with van der Waals surface area (Å²) >= 11 is 3.70. The summed E-state index contributed by atoms with van der Waals surface area (Å²) in [6.07, 6.45) is 0. The minimum Gasteiger partial charge on any atom is -0.356 e. The van der Waals surface area contributed by atoms with E-state index in [0.29, 0.717) is 0 Å². The van der Waals surface area contributed by atoms with E-state index in [-0.39, 0.29) is 0 Å². The Hall–Kier alpha value is -3.72. The van der Waals surface area contributed by atoms with Crippen LogP contribution < -0.4 is 15.7 Å². The summed E-state index contributed by atoms with van der Waals surface area (Å²) in [5, 5.41) is 6.55. The number of nitrogens with one attached hydrogen (secondary N) is 1. The summed E-state index contributed by atoms with van der Waals surface area (Å²) in [6.45, 7) is 0. The number of anilines is 1. The van der Waals surface area contributed by atoms with E-state index >= 15 is 0 Å². The molecule has 7 rings (SSSR count). The summed E-state index contributed by atoms with van der Waals surface area (Å²) in [5.41, 5.74) is 9.49. The summed E-state index contributed by atoms with van der Waals surface area (Å²) in [5.74, 6) is 0.988. The fraction of sp³-hybridized carbons (Fsp3) is 0.0312. The highest BCUT2D eigenvalue weighted by Crippen LogP contribution is 2.50. The van der Waals surface area contributed by atoms with Gasteiger partial charge in [-0.05, 0) is 35.4 Å². The number of aromatic nitrogens is 2. The summed E-state index contributed by atoms with van der Waals surface area (Å²) < 4.78 is 3.28. The third kappa shape index (κ3) is 3.71. The molecule has 2 heterocycles. The van der Waals surface area contributed by atoms with Crippen LogP contribution in [0.3, 0.4) is 0 Å². The van der Waals surface area contributed by atoms with E-state index in [1.165, 1.54) is 32.9 Å². The van der Waals surface area contributed by atoms with Crippen LogP contribution >= 0.6 is 24.0 Å². The van der Waals surface area contributed by atoms with Crippen LogP contribution in [-0.4, -0.2) is 9.55 Å². The van der Waals surface area contributed by atoms with E-state index in [2.05, 4.69) is 142 Å². The first-order valence-electron chi connectivity index (χ1n) is 12.2. The molecule has 1 aliphatic heterocycles. The molecule has 0 bridgehead atoms. The minimum atomic E-state index is -0.899. The van der Waals surface area contributed by atoms with Crippen LogP contribution in [-0.2, 0) is 7.05 Å². The zero-order valence-corrected chi connectivity index (χ0v) is 22.7. The number of benzene rings is 5. The molecule has 0 saturated carbocycles. The predicted molar refractivity (Wildman–Crippen MR) is 161 cm³/mol. The SMILES string of the molecule is Cn1c(-c2ccccc2P2Nc3cc(Br)ccc3-c3c(-c4ccccc4)cccc32)nc2ccccc21. The first-order chi connectivity index (χ1) is 18.2. The number of imidazole rings is 1. The Morgan fingerprint density at radius 2 is 1.43 bits per heavy atom. The van der Waals surface area contributed by atoms with Crippen molar-refractivity contribution in [2.45, 2.75) is 0 Å². The fourth-order valence-corrected chi connectivity index (χ4v) is 7.95. The van der Waals surface area contributed by atoms with Gasteiger partial charge in [0.05, 0.1) is 19.1 Å². The molecule has 5 aromatic carbocycles. The monoisotopic (exact) mass is 559 g/mol. The van der Waals surface area contributed by atoms with Gasteiger partial charge in [-0.2, -0.15) is 0 Å². The molecule has 0 radical (unpaired) electrons. The Kier molecular flexibility index (Phi) is 5.46. The van der Waals surface area contributed by atoms with Crippen molar-refractivity contribution in [3.8, 4) is 33.6 Å². The van der Waals surface area contributed by atoms with Crippen molar-refractivity contribution in [2.24, 2.45) is 7.05 Å². The fourth-order valence-electron chi connectivity index (χ4n) is 5.31. The maximum Gasteiger partial charge on any atom is 0.141 e. The molecule has 6 aromatic rings. The lowest BCUT2D eigenvalue weighted by atomic mass is 9.93. The lowest BCUT2D eigenvalue weighted by Gasteiger charge is -2.32. The lowest BCUT2D eigenvalue weighted by molar-refractivity contribution is 0.960. The maximum atomic E-state index is 5.06.